The zero-order valence-corrected chi connectivity index (χ0v) is 12.0. The molecule has 19 heavy (non-hydrogen) atoms. The van der Waals surface area contributed by atoms with Crippen LogP contribution in [-0.2, 0) is 18.3 Å². The van der Waals surface area contributed by atoms with Crippen molar-refractivity contribution in [1.82, 2.24) is 20.1 Å². The average molecular weight is 278 g/mol. The van der Waals surface area contributed by atoms with Crippen LogP contribution in [0.3, 0.4) is 0 Å². The number of nitrogens with zero attached hydrogens (tertiary/aromatic N) is 3. The SMILES string of the molecule is COCCNCc1ccc(Sc2cnn(C)c2)nc1. The number of methoxy groups -OCH3 is 1. The molecule has 0 bridgehead atoms. The van der Waals surface area contributed by atoms with E-state index in [9.17, 15) is 0 Å². The maximum atomic E-state index is 4.98. The molecule has 0 fully saturated rings. The summed E-state index contributed by atoms with van der Waals surface area (Å²) in [6.45, 7) is 2.39. The molecule has 2 aromatic heterocycles. The van der Waals surface area contributed by atoms with Crippen LogP contribution in [0.15, 0.2) is 40.6 Å². The van der Waals surface area contributed by atoms with Crippen LogP contribution in [0.1, 0.15) is 5.56 Å². The Morgan fingerprint density at radius 2 is 2.26 bits per heavy atom. The van der Waals surface area contributed by atoms with E-state index >= 15 is 0 Å². The van der Waals surface area contributed by atoms with Gasteiger partial charge in [0.2, 0.25) is 0 Å². The van der Waals surface area contributed by atoms with Crippen molar-refractivity contribution >= 4 is 11.8 Å². The van der Waals surface area contributed by atoms with Crippen molar-refractivity contribution in [2.24, 2.45) is 7.05 Å². The Morgan fingerprint density at radius 1 is 1.37 bits per heavy atom. The molecule has 6 heteroatoms. The molecule has 2 heterocycles. The first-order chi connectivity index (χ1) is 9.28. The third kappa shape index (κ3) is 4.66. The smallest absolute Gasteiger partial charge is 0.101 e. The van der Waals surface area contributed by atoms with Crippen LogP contribution in [0, 0.1) is 0 Å². The summed E-state index contributed by atoms with van der Waals surface area (Å²) in [5, 5.41) is 8.40. The van der Waals surface area contributed by atoms with Crippen molar-refractivity contribution < 1.29 is 4.74 Å². The average Bonchev–Trinajstić information content (AvgIpc) is 2.82. The van der Waals surface area contributed by atoms with Crippen molar-refractivity contribution in [3.63, 3.8) is 0 Å². The van der Waals surface area contributed by atoms with Gasteiger partial charge in [0.1, 0.15) is 5.03 Å². The first kappa shape index (κ1) is 14.0. The van der Waals surface area contributed by atoms with Crippen molar-refractivity contribution in [3.05, 3.63) is 36.3 Å². The number of hydrogen-bond acceptors (Lipinski definition) is 5. The molecule has 0 saturated heterocycles. The zero-order chi connectivity index (χ0) is 13.5. The molecular weight excluding hydrogens is 260 g/mol. The summed E-state index contributed by atoms with van der Waals surface area (Å²) >= 11 is 1.61. The Labute approximate surface area is 117 Å². The van der Waals surface area contributed by atoms with Gasteiger partial charge in [-0.1, -0.05) is 17.8 Å². The third-order valence-corrected chi connectivity index (χ3v) is 3.41. The molecule has 0 aliphatic carbocycles. The second-order valence-corrected chi connectivity index (χ2v) is 5.22. The van der Waals surface area contributed by atoms with E-state index in [2.05, 4.69) is 21.5 Å². The van der Waals surface area contributed by atoms with Gasteiger partial charge in [-0.2, -0.15) is 5.10 Å². The minimum absolute atomic E-state index is 0.725. The van der Waals surface area contributed by atoms with Crippen molar-refractivity contribution in [3.8, 4) is 0 Å². The Bertz CT molecular complexity index is 498. The van der Waals surface area contributed by atoms with Gasteiger partial charge in [-0.3, -0.25) is 4.68 Å². The molecule has 0 radical (unpaired) electrons. The summed E-state index contributed by atoms with van der Waals surface area (Å²) in [5.74, 6) is 0. The Kier molecular flexibility index (Phi) is 5.38. The van der Waals surface area contributed by atoms with E-state index in [1.54, 1.807) is 23.6 Å². The summed E-state index contributed by atoms with van der Waals surface area (Å²) in [6, 6.07) is 4.12. The molecule has 5 nitrogen and oxygen atoms in total. The number of hydrogen-bond donors (Lipinski definition) is 1. The molecule has 0 amide bonds. The van der Waals surface area contributed by atoms with E-state index in [1.165, 1.54) is 5.56 Å². The third-order valence-electron chi connectivity index (χ3n) is 2.51. The van der Waals surface area contributed by atoms with E-state index in [1.807, 2.05) is 31.7 Å². The number of rotatable bonds is 7. The van der Waals surface area contributed by atoms with Crippen LogP contribution >= 0.6 is 11.8 Å². The van der Waals surface area contributed by atoms with Crippen LogP contribution in [0.25, 0.3) is 0 Å². The lowest BCUT2D eigenvalue weighted by molar-refractivity contribution is 0.199. The summed E-state index contributed by atoms with van der Waals surface area (Å²) in [4.78, 5) is 5.53. The Balaban J connectivity index is 1.84. The standard InChI is InChI=1S/C13H18N4OS/c1-17-10-12(9-16-17)19-13-4-3-11(8-15-13)7-14-5-6-18-2/h3-4,8-10,14H,5-7H2,1-2H3. The van der Waals surface area contributed by atoms with Gasteiger partial charge in [-0.15, -0.1) is 0 Å². The zero-order valence-electron chi connectivity index (χ0n) is 11.2. The normalized spacial score (nSPS) is 10.8. The summed E-state index contributed by atoms with van der Waals surface area (Å²) in [7, 11) is 3.61. The molecule has 0 saturated carbocycles. The lowest BCUT2D eigenvalue weighted by atomic mass is 10.3. The first-order valence-electron chi connectivity index (χ1n) is 6.09. The lowest BCUT2D eigenvalue weighted by Gasteiger charge is -2.04. The van der Waals surface area contributed by atoms with Crippen LogP contribution < -0.4 is 5.32 Å². The quantitative estimate of drug-likeness (QED) is 0.781. The highest BCUT2D eigenvalue weighted by molar-refractivity contribution is 7.99. The fraction of sp³-hybridized carbons (Fsp3) is 0.385. The number of pyridine rings is 1. The number of nitrogens with one attached hydrogen (secondary N) is 1. The predicted molar refractivity (Wildman–Crippen MR) is 75.2 cm³/mol. The van der Waals surface area contributed by atoms with Gasteiger partial charge in [-0.25, -0.2) is 4.98 Å². The van der Waals surface area contributed by atoms with Crippen LogP contribution in [0.2, 0.25) is 0 Å². The Morgan fingerprint density at radius 3 is 2.89 bits per heavy atom. The molecule has 0 aliphatic heterocycles. The second-order valence-electron chi connectivity index (χ2n) is 4.13. The molecule has 2 aromatic rings. The molecule has 0 unspecified atom stereocenters. The molecule has 1 N–H and O–H groups in total. The van der Waals surface area contributed by atoms with Gasteiger partial charge in [0.05, 0.1) is 17.7 Å². The first-order valence-corrected chi connectivity index (χ1v) is 6.90. The van der Waals surface area contributed by atoms with E-state index in [-0.39, 0.29) is 0 Å². The second kappa shape index (κ2) is 7.28. The highest BCUT2D eigenvalue weighted by atomic mass is 32.2. The van der Waals surface area contributed by atoms with Gasteiger partial charge >= 0.3 is 0 Å². The van der Waals surface area contributed by atoms with E-state index in [0.717, 1.165) is 29.6 Å². The molecule has 2 rings (SSSR count). The molecule has 0 atom stereocenters. The minimum atomic E-state index is 0.725. The van der Waals surface area contributed by atoms with E-state index < -0.39 is 0 Å². The fourth-order valence-corrected chi connectivity index (χ4v) is 2.34. The Hall–Kier alpha value is -1.37. The van der Waals surface area contributed by atoms with Gasteiger partial charge in [0, 0.05) is 39.6 Å². The van der Waals surface area contributed by atoms with Crippen LogP contribution in [0.4, 0.5) is 0 Å². The van der Waals surface area contributed by atoms with Crippen LogP contribution in [-0.4, -0.2) is 35.0 Å². The highest BCUT2D eigenvalue weighted by Crippen LogP contribution is 2.24. The van der Waals surface area contributed by atoms with Gasteiger partial charge in [0.15, 0.2) is 0 Å². The van der Waals surface area contributed by atoms with Crippen molar-refractivity contribution in [1.29, 1.82) is 0 Å². The predicted octanol–water partition coefficient (Wildman–Crippen LogP) is 1.70. The molecule has 0 aromatic carbocycles. The van der Waals surface area contributed by atoms with Gasteiger partial charge in [0.25, 0.3) is 0 Å². The lowest BCUT2D eigenvalue weighted by Crippen LogP contribution is -2.18. The fourth-order valence-electron chi connectivity index (χ4n) is 1.56. The number of aromatic nitrogens is 3. The summed E-state index contributed by atoms with van der Waals surface area (Å²) in [5.41, 5.74) is 1.17. The van der Waals surface area contributed by atoms with Gasteiger partial charge in [-0.05, 0) is 11.6 Å². The van der Waals surface area contributed by atoms with E-state index in [4.69, 9.17) is 4.74 Å². The van der Waals surface area contributed by atoms with Crippen molar-refractivity contribution in [2.75, 3.05) is 20.3 Å². The highest BCUT2D eigenvalue weighted by Gasteiger charge is 2.01. The summed E-state index contributed by atoms with van der Waals surface area (Å²) < 4.78 is 6.77. The molecule has 0 aliphatic rings. The maximum Gasteiger partial charge on any atom is 0.101 e. The summed E-state index contributed by atoms with van der Waals surface area (Å²) in [6.07, 6.45) is 5.72. The van der Waals surface area contributed by atoms with Crippen LogP contribution in [0.5, 0.6) is 0 Å². The molecular formula is C13H18N4OS. The van der Waals surface area contributed by atoms with Gasteiger partial charge < -0.3 is 10.1 Å². The maximum absolute atomic E-state index is 4.98. The number of aryl methyl sites for hydroxylation is 1. The largest absolute Gasteiger partial charge is 0.383 e. The monoisotopic (exact) mass is 278 g/mol. The topological polar surface area (TPSA) is 52.0 Å². The molecule has 0 spiro atoms. The molecule has 102 valence electrons. The van der Waals surface area contributed by atoms with Crippen molar-refractivity contribution in [2.45, 2.75) is 16.5 Å². The number of ether oxygens (including phenoxy) is 1. The van der Waals surface area contributed by atoms with E-state index in [0.29, 0.717) is 0 Å². The minimum Gasteiger partial charge on any atom is -0.383 e.